The number of benzene rings is 2. The fraction of sp³-hybridized carbons (Fsp3) is 0.333. The van der Waals surface area contributed by atoms with Crippen molar-refractivity contribution in [2.45, 2.75) is 19.9 Å². The molecule has 3 heterocycles. The van der Waals surface area contributed by atoms with Gasteiger partial charge in [-0.3, -0.25) is 19.3 Å². The molecule has 3 aromatic rings. The molecule has 0 saturated carbocycles. The third-order valence-electron chi connectivity index (χ3n) is 6.19. The minimum absolute atomic E-state index is 0.185. The minimum atomic E-state index is -0.825. The zero-order chi connectivity index (χ0) is 23.3. The molecule has 0 aliphatic carbocycles. The van der Waals surface area contributed by atoms with E-state index in [2.05, 4.69) is 4.90 Å². The monoisotopic (exact) mass is 482 g/mol. The summed E-state index contributed by atoms with van der Waals surface area (Å²) < 4.78 is 1.03. The molecule has 2 aliphatic rings. The minimum Gasteiger partial charge on any atom is -0.345 e. The number of imide groups is 1. The van der Waals surface area contributed by atoms with Gasteiger partial charge in [-0.25, -0.2) is 4.98 Å². The van der Waals surface area contributed by atoms with Crippen LogP contribution < -0.4 is 4.90 Å². The Balaban J connectivity index is 1.32. The maximum atomic E-state index is 13.5. The topological polar surface area (TPSA) is 73.8 Å². The molecule has 2 aliphatic heterocycles. The summed E-state index contributed by atoms with van der Waals surface area (Å²) in [5.41, 5.74) is 1.63. The first-order valence-electron chi connectivity index (χ1n) is 10.9. The number of piperazine rings is 1. The number of aromatic nitrogens is 1. The van der Waals surface area contributed by atoms with Gasteiger partial charge in [0.05, 0.1) is 21.3 Å². The molecule has 0 radical (unpaired) electrons. The number of halogens is 1. The maximum absolute atomic E-state index is 13.5. The van der Waals surface area contributed by atoms with Crippen molar-refractivity contribution in [2.24, 2.45) is 5.92 Å². The van der Waals surface area contributed by atoms with Gasteiger partial charge in [0.15, 0.2) is 5.13 Å². The number of hydrogen-bond acceptors (Lipinski definition) is 6. The first kappa shape index (κ1) is 21.9. The number of carbonyl (C=O) groups excluding carboxylic acids is 3. The maximum Gasteiger partial charge on any atom is 0.262 e. The van der Waals surface area contributed by atoms with Crippen LogP contribution in [0.1, 0.15) is 34.6 Å². The smallest absolute Gasteiger partial charge is 0.262 e. The van der Waals surface area contributed by atoms with E-state index >= 15 is 0 Å². The van der Waals surface area contributed by atoms with E-state index in [1.807, 2.05) is 32.0 Å². The van der Waals surface area contributed by atoms with Crippen LogP contribution in [-0.2, 0) is 4.79 Å². The lowest BCUT2D eigenvalue weighted by Gasteiger charge is -2.38. The molecule has 1 unspecified atom stereocenters. The SMILES string of the molecule is CC(C)C(C(=O)N1CCN(c2nc3ccc(Cl)cc3s2)CC1)N1C(=O)c2ccccc2C1=O. The number of carbonyl (C=O) groups is 3. The van der Waals surface area contributed by atoms with Crippen molar-refractivity contribution >= 4 is 56.0 Å². The lowest BCUT2D eigenvalue weighted by atomic mass is 10.0. The second kappa shape index (κ2) is 8.43. The standard InChI is InChI=1S/C24H23ClN4O3S/c1-14(2)20(29-21(30)16-5-3-4-6-17(16)22(29)31)23(32)27-9-11-28(12-10-27)24-26-18-8-7-15(25)13-19(18)33-24/h3-8,13-14,20H,9-12H2,1-2H3. The van der Waals surface area contributed by atoms with Gasteiger partial charge in [0.25, 0.3) is 11.8 Å². The molecule has 1 atom stereocenters. The zero-order valence-electron chi connectivity index (χ0n) is 18.3. The lowest BCUT2D eigenvalue weighted by molar-refractivity contribution is -0.137. The summed E-state index contributed by atoms with van der Waals surface area (Å²) in [6.07, 6.45) is 0. The molecule has 9 heteroatoms. The first-order chi connectivity index (χ1) is 15.8. The third-order valence-corrected chi connectivity index (χ3v) is 7.50. The molecule has 0 bridgehead atoms. The molecule has 170 valence electrons. The molecular weight excluding hydrogens is 460 g/mol. The van der Waals surface area contributed by atoms with E-state index in [1.165, 1.54) is 0 Å². The van der Waals surface area contributed by atoms with Gasteiger partial charge in [-0.1, -0.05) is 48.9 Å². The summed E-state index contributed by atoms with van der Waals surface area (Å²) in [5.74, 6) is -1.18. The van der Waals surface area contributed by atoms with Gasteiger partial charge in [0, 0.05) is 31.2 Å². The normalized spacial score (nSPS) is 17.3. The predicted molar refractivity (Wildman–Crippen MR) is 129 cm³/mol. The largest absolute Gasteiger partial charge is 0.345 e. The zero-order valence-corrected chi connectivity index (χ0v) is 19.9. The van der Waals surface area contributed by atoms with Gasteiger partial charge in [-0.15, -0.1) is 0 Å². The number of fused-ring (bicyclic) bond motifs is 2. The van der Waals surface area contributed by atoms with Gasteiger partial charge in [0.1, 0.15) is 6.04 Å². The fourth-order valence-corrected chi connectivity index (χ4v) is 5.77. The summed E-state index contributed by atoms with van der Waals surface area (Å²) in [7, 11) is 0. The average Bonchev–Trinajstić information content (AvgIpc) is 3.34. The van der Waals surface area contributed by atoms with E-state index in [1.54, 1.807) is 40.5 Å². The van der Waals surface area contributed by atoms with Crippen LogP contribution in [0, 0.1) is 5.92 Å². The Bertz CT molecular complexity index is 1230. The van der Waals surface area contributed by atoms with Crippen molar-refractivity contribution in [3.05, 3.63) is 58.6 Å². The number of nitrogens with zero attached hydrogens (tertiary/aromatic N) is 4. The molecule has 5 rings (SSSR count). The summed E-state index contributed by atoms with van der Waals surface area (Å²) in [6.45, 7) is 6.01. The third kappa shape index (κ3) is 3.77. The van der Waals surface area contributed by atoms with E-state index in [0.29, 0.717) is 42.3 Å². The van der Waals surface area contributed by atoms with E-state index in [4.69, 9.17) is 16.6 Å². The van der Waals surface area contributed by atoms with Crippen LogP contribution in [0.25, 0.3) is 10.2 Å². The molecule has 1 aromatic heterocycles. The fourth-order valence-electron chi connectivity index (χ4n) is 4.48. The average molecular weight is 483 g/mol. The van der Waals surface area contributed by atoms with Gasteiger partial charge in [-0.05, 0) is 36.2 Å². The van der Waals surface area contributed by atoms with Crippen LogP contribution in [0.3, 0.4) is 0 Å². The lowest BCUT2D eigenvalue weighted by Crippen LogP contribution is -2.57. The summed E-state index contributed by atoms with van der Waals surface area (Å²) in [5, 5.41) is 1.58. The quantitative estimate of drug-likeness (QED) is 0.527. The first-order valence-corrected chi connectivity index (χ1v) is 12.1. The molecule has 3 amide bonds. The molecule has 33 heavy (non-hydrogen) atoms. The summed E-state index contributed by atoms with van der Waals surface area (Å²) in [6, 6.07) is 11.6. The van der Waals surface area contributed by atoms with Crippen molar-refractivity contribution in [2.75, 3.05) is 31.1 Å². The molecular formula is C24H23ClN4O3S. The highest BCUT2D eigenvalue weighted by molar-refractivity contribution is 7.22. The molecule has 0 spiro atoms. The van der Waals surface area contributed by atoms with Crippen LogP contribution >= 0.6 is 22.9 Å². The summed E-state index contributed by atoms with van der Waals surface area (Å²) in [4.78, 5) is 49.3. The molecule has 2 aromatic carbocycles. The predicted octanol–water partition coefficient (Wildman–Crippen LogP) is 3.92. The highest BCUT2D eigenvalue weighted by Gasteiger charge is 2.45. The Labute approximate surface area is 200 Å². The molecule has 1 fully saturated rings. The van der Waals surface area contributed by atoms with E-state index < -0.39 is 17.9 Å². The number of thiazole rings is 1. The Morgan fingerprint density at radius 3 is 2.24 bits per heavy atom. The number of hydrogen-bond donors (Lipinski definition) is 0. The van der Waals surface area contributed by atoms with Gasteiger partial charge >= 0.3 is 0 Å². The van der Waals surface area contributed by atoms with Gasteiger partial charge < -0.3 is 9.80 Å². The van der Waals surface area contributed by atoms with Crippen LogP contribution in [0.15, 0.2) is 42.5 Å². The molecule has 7 nitrogen and oxygen atoms in total. The molecule has 1 saturated heterocycles. The molecule has 0 N–H and O–H groups in total. The van der Waals surface area contributed by atoms with Crippen molar-refractivity contribution in [1.82, 2.24) is 14.8 Å². The Kier molecular flexibility index (Phi) is 5.58. The van der Waals surface area contributed by atoms with Gasteiger partial charge in [0.2, 0.25) is 5.91 Å². The summed E-state index contributed by atoms with van der Waals surface area (Å²) >= 11 is 7.68. The van der Waals surface area contributed by atoms with E-state index in [9.17, 15) is 14.4 Å². The number of rotatable bonds is 4. The van der Waals surface area contributed by atoms with Crippen molar-refractivity contribution in [3.63, 3.8) is 0 Å². The van der Waals surface area contributed by atoms with E-state index in [-0.39, 0.29) is 11.8 Å². The van der Waals surface area contributed by atoms with Crippen molar-refractivity contribution in [1.29, 1.82) is 0 Å². The number of amides is 3. The van der Waals surface area contributed by atoms with Crippen LogP contribution in [0.4, 0.5) is 5.13 Å². The van der Waals surface area contributed by atoms with Crippen molar-refractivity contribution in [3.8, 4) is 0 Å². The van der Waals surface area contributed by atoms with Gasteiger partial charge in [-0.2, -0.15) is 0 Å². The van der Waals surface area contributed by atoms with Crippen LogP contribution in [0.2, 0.25) is 5.02 Å². The Hall–Kier alpha value is -2.97. The van der Waals surface area contributed by atoms with Crippen molar-refractivity contribution < 1.29 is 14.4 Å². The highest BCUT2D eigenvalue weighted by atomic mass is 35.5. The Morgan fingerprint density at radius 2 is 1.64 bits per heavy atom. The Morgan fingerprint density at radius 1 is 1.00 bits per heavy atom. The van der Waals surface area contributed by atoms with Crippen LogP contribution in [0.5, 0.6) is 0 Å². The highest BCUT2D eigenvalue weighted by Crippen LogP contribution is 2.32. The second-order valence-corrected chi connectivity index (χ2v) is 10.1. The van der Waals surface area contributed by atoms with Crippen LogP contribution in [-0.4, -0.2) is 64.7 Å². The van der Waals surface area contributed by atoms with E-state index in [0.717, 1.165) is 20.2 Å². The number of anilines is 1. The second-order valence-electron chi connectivity index (χ2n) is 8.64.